The number of ether oxygens (including phenoxy) is 3. The summed E-state index contributed by atoms with van der Waals surface area (Å²) < 4.78 is 15.0. The standard InChI is InChI=1S/C26H41N3O5/c1-2-3-4-5-11-16-23-24(30)22(15-10-6-8-13-18-32-20-27)25(34-26(23)31)29-17-12-7-9-14-19-33-21-28/h22-23H,2-19H2,1H3/b29-25-. The summed E-state index contributed by atoms with van der Waals surface area (Å²) in [6.07, 6.45) is 16.9. The summed E-state index contributed by atoms with van der Waals surface area (Å²) in [4.78, 5) is 30.3. The van der Waals surface area contributed by atoms with Crippen molar-refractivity contribution >= 4 is 17.7 Å². The first-order valence-electron chi connectivity index (χ1n) is 13.0. The van der Waals surface area contributed by atoms with E-state index in [1.807, 2.05) is 0 Å². The molecule has 2 unspecified atom stereocenters. The molecule has 8 nitrogen and oxygen atoms in total. The molecule has 1 saturated heterocycles. The zero-order valence-corrected chi connectivity index (χ0v) is 20.8. The summed E-state index contributed by atoms with van der Waals surface area (Å²) in [6, 6.07) is 0. The van der Waals surface area contributed by atoms with Crippen molar-refractivity contribution in [3.63, 3.8) is 0 Å². The van der Waals surface area contributed by atoms with Crippen LogP contribution in [0, 0.1) is 34.9 Å². The van der Waals surface area contributed by atoms with Gasteiger partial charge in [-0.25, -0.2) is 0 Å². The van der Waals surface area contributed by atoms with Crippen LogP contribution in [0.3, 0.4) is 0 Å². The number of carbonyl (C=O) groups excluding carboxylic acids is 2. The normalized spacial score (nSPS) is 18.9. The molecule has 0 bridgehead atoms. The summed E-state index contributed by atoms with van der Waals surface area (Å²) in [5.41, 5.74) is 0. The van der Waals surface area contributed by atoms with Gasteiger partial charge in [0.2, 0.25) is 5.90 Å². The van der Waals surface area contributed by atoms with Crippen molar-refractivity contribution in [1.82, 2.24) is 0 Å². The number of Topliss-reactive ketones (excluding diaryl/α,β-unsaturated/α-hetero) is 1. The van der Waals surface area contributed by atoms with E-state index in [0.717, 1.165) is 77.0 Å². The molecule has 190 valence electrons. The van der Waals surface area contributed by atoms with E-state index in [4.69, 9.17) is 20.0 Å². The van der Waals surface area contributed by atoms with Gasteiger partial charge in [-0.1, -0.05) is 64.7 Å². The average molecular weight is 476 g/mol. The van der Waals surface area contributed by atoms with Gasteiger partial charge in [-0.15, -0.1) is 0 Å². The van der Waals surface area contributed by atoms with E-state index < -0.39 is 17.8 Å². The maximum Gasteiger partial charge on any atom is 0.322 e. The highest BCUT2D eigenvalue weighted by Crippen LogP contribution is 2.28. The molecule has 1 rings (SSSR count). The average Bonchev–Trinajstić information content (AvgIpc) is 2.83. The summed E-state index contributed by atoms with van der Waals surface area (Å²) in [5.74, 6) is -1.31. The van der Waals surface area contributed by atoms with Crippen molar-refractivity contribution in [3.05, 3.63) is 0 Å². The number of unbranched alkanes of at least 4 members (excludes halogenated alkanes) is 10. The Balaban J connectivity index is 2.59. The van der Waals surface area contributed by atoms with Gasteiger partial charge < -0.3 is 14.2 Å². The van der Waals surface area contributed by atoms with Crippen molar-refractivity contribution in [1.29, 1.82) is 10.5 Å². The van der Waals surface area contributed by atoms with Crippen LogP contribution in [-0.2, 0) is 23.8 Å². The molecule has 0 N–H and O–H groups in total. The Morgan fingerprint density at radius 3 is 1.88 bits per heavy atom. The predicted octanol–water partition coefficient (Wildman–Crippen LogP) is 5.61. The number of hydrogen-bond donors (Lipinski definition) is 0. The summed E-state index contributed by atoms with van der Waals surface area (Å²) in [5, 5.41) is 16.8. The van der Waals surface area contributed by atoms with Crippen molar-refractivity contribution < 1.29 is 23.8 Å². The fourth-order valence-corrected chi connectivity index (χ4v) is 4.14. The Kier molecular flexibility index (Phi) is 17.2. The molecule has 8 heteroatoms. The van der Waals surface area contributed by atoms with E-state index in [1.54, 1.807) is 12.5 Å². The molecule has 0 aromatic rings. The van der Waals surface area contributed by atoms with Gasteiger partial charge in [0.1, 0.15) is 19.1 Å². The quantitative estimate of drug-likeness (QED) is 0.0970. The summed E-state index contributed by atoms with van der Waals surface area (Å²) >= 11 is 0. The van der Waals surface area contributed by atoms with Crippen molar-refractivity contribution in [2.75, 3.05) is 19.8 Å². The fourth-order valence-electron chi connectivity index (χ4n) is 4.14. The maximum absolute atomic E-state index is 13.2. The third-order valence-corrected chi connectivity index (χ3v) is 6.11. The number of nitrogens with zero attached hydrogens (tertiary/aromatic N) is 3. The molecule has 1 aliphatic rings. The topological polar surface area (TPSA) is 122 Å². The Labute approximate surface area is 204 Å². The van der Waals surface area contributed by atoms with E-state index in [1.165, 1.54) is 6.42 Å². The van der Waals surface area contributed by atoms with E-state index >= 15 is 0 Å². The van der Waals surface area contributed by atoms with Crippen LogP contribution in [0.5, 0.6) is 0 Å². The van der Waals surface area contributed by atoms with Crippen LogP contribution in [0.2, 0.25) is 0 Å². The lowest BCUT2D eigenvalue weighted by Gasteiger charge is -2.28. The van der Waals surface area contributed by atoms with Gasteiger partial charge in [-0.3, -0.25) is 14.6 Å². The second kappa shape index (κ2) is 19.8. The number of hydrogen-bond acceptors (Lipinski definition) is 8. The lowest BCUT2D eigenvalue weighted by Crippen LogP contribution is -2.43. The first-order valence-corrected chi connectivity index (χ1v) is 13.0. The molecule has 2 atom stereocenters. The van der Waals surface area contributed by atoms with Crippen LogP contribution in [-0.4, -0.2) is 37.4 Å². The molecule has 0 saturated carbocycles. The first-order chi connectivity index (χ1) is 16.7. The molecule has 0 radical (unpaired) electrons. The van der Waals surface area contributed by atoms with E-state index in [-0.39, 0.29) is 11.7 Å². The van der Waals surface area contributed by atoms with Gasteiger partial charge in [0.15, 0.2) is 5.78 Å². The molecular formula is C26H41N3O5. The monoisotopic (exact) mass is 475 g/mol. The van der Waals surface area contributed by atoms with Crippen LogP contribution >= 0.6 is 0 Å². The van der Waals surface area contributed by atoms with E-state index in [2.05, 4.69) is 16.7 Å². The number of aliphatic imine (C=N–C) groups is 1. The second-order valence-electron chi connectivity index (χ2n) is 8.85. The Hall–Kier alpha value is -2.61. The van der Waals surface area contributed by atoms with Crippen LogP contribution in [0.15, 0.2) is 4.99 Å². The zero-order chi connectivity index (χ0) is 24.9. The molecule has 1 heterocycles. The zero-order valence-electron chi connectivity index (χ0n) is 20.8. The molecule has 34 heavy (non-hydrogen) atoms. The third kappa shape index (κ3) is 12.6. The molecule has 0 aliphatic carbocycles. The lowest BCUT2D eigenvalue weighted by molar-refractivity contribution is -0.150. The number of carbonyl (C=O) groups is 2. The lowest BCUT2D eigenvalue weighted by atomic mass is 9.83. The van der Waals surface area contributed by atoms with Gasteiger partial charge in [0.25, 0.3) is 12.5 Å². The highest BCUT2D eigenvalue weighted by molar-refractivity contribution is 6.16. The smallest absolute Gasteiger partial charge is 0.322 e. The molecule has 0 amide bonds. The second-order valence-corrected chi connectivity index (χ2v) is 8.85. The number of nitriles is 2. The summed E-state index contributed by atoms with van der Waals surface area (Å²) in [7, 11) is 0. The van der Waals surface area contributed by atoms with E-state index in [9.17, 15) is 9.59 Å². The Morgan fingerprint density at radius 2 is 1.29 bits per heavy atom. The first kappa shape index (κ1) is 29.4. The van der Waals surface area contributed by atoms with Crippen molar-refractivity contribution in [2.45, 2.75) is 103 Å². The molecular weight excluding hydrogens is 434 g/mol. The predicted molar refractivity (Wildman–Crippen MR) is 128 cm³/mol. The van der Waals surface area contributed by atoms with Crippen LogP contribution in [0.25, 0.3) is 0 Å². The van der Waals surface area contributed by atoms with Gasteiger partial charge in [-0.2, -0.15) is 10.5 Å². The highest BCUT2D eigenvalue weighted by Gasteiger charge is 2.42. The number of ketones is 1. The number of rotatable bonds is 20. The molecule has 0 aromatic carbocycles. The summed E-state index contributed by atoms with van der Waals surface area (Å²) in [6.45, 7) is 3.53. The van der Waals surface area contributed by atoms with Crippen LogP contribution < -0.4 is 0 Å². The molecule has 0 aromatic heterocycles. The Morgan fingerprint density at radius 1 is 0.765 bits per heavy atom. The molecule has 1 aliphatic heterocycles. The minimum absolute atomic E-state index is 0.0352. The van der Waals surface area contributed by atoms with Crippen molar-refractivity contribution in [3.8, 4) is 12.5 Å². The SMILES string of the molecule is CCCCCCCC1C(=O)O/C(=N\CCCCCCOC#N)C(CCCCCCOC#N)C1=O. The largest absolute Gasteiger partial charge is 0.428 e. The minimum atomic E-state index is -0.672. The van der Waals surface area contributed by atoms with Gasteiger partial charge in [0.05, 0.1) is 5.92 Å². The van der Waals surface area contributed by atoms with Crippen molar-refractivity contribution in [2.24, 2.45) is 16.8 Å². The Bertz CT molecular complexity index is 696. The minimum Gasteiger partial charge on any atom is -0.428 e. The number of esters is 1. The van der Waals surface area contributed by atoms with Gasteiger partial charge in [0, 0.05) is 6.54 Å². The molecule has 0 spiro atoms. The van der Waals surface area contributed by atoms with Crippen LogP contribution in [0.4, 0.5) is 0 Å². The maximum atomic E-state index is 13.2. The van der Waals surface area contributed by atoms with E-state index in [0.29, 0.717) is 32.6 Å². The number of cyclic esters (lactones) is 1. The van der Waals surface area contributed by atoms with Gasteiger partial charge >= 0.3 is 5.97 Å². The van der Waals surface area contributed by atoms with Gasteiger partial charge in [-0.05, 0) is 38.5 Å². The third-order valence-electron chi connectivity index (χ3n) is 6.11. The fraction of sp³-hybridized carbons (Fsp3) is 0.808. The highest BCUT2D eigenvalue weighted by atomic mass is 16.5. The molecule has 1 fully saturated rings. The van der Waals surface area contributed by atoms with Crippen LogP contribution in [0.1, 0.15) is 103 Å².